The largest absolute Gasteiger partial charge is 0.447 e. The summed E-state index contributed by atoms with van der Waals surface area (Å²) in [7, 11) is 0. The van der Waals surface area contributed by atoms with Gasteiger partial charge in [0, 0.05) is 32.4 Å². The van der Waals surface area contributed by atoms with E-state index in [2.05, 4.69) is 10.3 Å². The smallest absolute Gasteiger partial charge is 0.223 e. The van der Waals surface area contributed by atoms with E-state index in [-0.39, 0.29) is 37.0 Å². The molecule has 3 aromatic rings. The quantitative estimate of drug-likeness (QED) is 0.510. The first-order chi connectivity index (χ1) is 17.0. The van der Waals surface area contributed by atoms with Crippen LogP contribution in [0.25, 0.3) is 0 Å². The number of hydrogen-bond donors (Lipinski definition) is 1. The second-order valence-corrected chi connectivity index (χ2v) is 9.06. The van der Waals surface area contributed by atoms with E-state index in [4.69, 9.17) is 4.42 Å². The number of ketones is 1. The van der Waals surface area contributed by atoms with Crippen LogP contribution in [0.1, 0.15) is 55.3 Å². The van der Waals surface area contributed by atoms with Gasteiger partial charge in [0.05, 0.1) is 17.7 Å². The number of aromatic nitrogens is 1. The summed E-state index contributed by atoms with van der Waals surface area (Å²) in [6.07, 6.45) is 3.70. The molecule has 0 aliphatic carbocycles. The van der Waals surface area contributed by atoms with E-state index < -0.39 is 5.41 Å². The molecule has 0 atom stereocenters. The van der Waals surface area contributed by atoms with Crippen molar-refractivity contribution >= 4 is 17.6 Å². The number of rotatable bonds is 9. The van der Waals surface area contributed by atoms with Crippen molar-refractivity contribution in [3.05, 3.63) is 89.6 Å². The number of piperidine rings is 1. The molecule has 1 fully saturated rings. The highest BCUT2D eigenvalue weighted by Crippen LogP contribution is 2.36. The summed E-state index contributed by atoms with van der Waals surface area (Å²) >= 11 is 0. The van der Waals surface area contributed by atoms with E-state index in [0.717, 1.165) is 16.8 Å². The third-order valence-corrected chi connectivity index (χ3v) is 6.80. The van der Waals surface area contributed by atoms with Gasteiger partial charge in [0.2, 0.25) is 17.7 Å². The van der Waals surface area contributed by atoms with E-state index in [1.165, 1.54) is 0 Å². The van der Waals surface area contributed by atoms with Gasteiger partial charge in [-0.3, -0.25) is 14.4 Å². The number of benzene rings is 2. The van der Waals surface area contributed by atoms with E-state index in [1.807, 2.05) is 60.7 Å². The van der Waals surface area contributed by atoms with Crippen LogP contribution in [0.3, 0.4) is 0 Å². The van der Waals surface area contributed by atoms with Crippen LogP contribution in [0.2, 0.25) is 0 Å². The molecule has 1 N–H and O–H groups in total. The molecular weight excluding hydrogens is 442 g/mol. The van der Waals surface area contributed by atoms with Crippen LogP contribution in [0.4, 0.5) is 0 Å². The number of oxazole rings is 1. The maximum atomic E-state index is 12.7. The maximum absolute atomic E-state index is 12.7. The summed E-state index contributed by atoms with van der Waals surface area (Å²) in [4.78, 5) is 43.7. The molecule has 2 heterocycles. The Labute approximate surface area is 205 Å². The number of hydrogen-bond acceptors (Lipinski definition) is 5. The zero-order chi connectivity index (χ0) is 24.7. The van der Waals surface area contributed by atoms with Gasteiger partial charge < -0.3 is 14.6 Å². The zero-order valence-electron chi connectivity index (χ0n) is 20.0. The molecule has 4 rings (SSSR count). The molecule has 7 nitrogen and oxygen atoms in total. The molecule has 0 unspecified atom stereocenters. The molecule has 1 aliphatic rings. The minimum absolute atomic E-state index is 0.0633. The molecule has 1 aromatic heterocycles. The maximum Gasteiger partial charge on any atom is 0.223 e. The molecule has 0 saturated carbocycles. The van der Waals surface area contributed by atoms with Crippen molar-refractivity contribution in [3.8, 4) is 0 Å². The van der Waals surface area contributed by atoms with Crippen LogP contribution in [0.5, 0.6) is 0 Å². The Kier molecular flexibility index (Phi) is 7.75. The molecule has 2 aromatic carbocycles. The van der Waals surface area contributed by atoms with Gasteiger partial charge in [0.15, 0.2) is 0 Å². The fraction of sp³-hybridized carbons (Fsp3) is 0.357. The summed E-state index contributed by atoms with van der Waals surface area (Å²) in [6.45, 7) is 2.84. The normalized spacial score (nSPS) is 14.9. The third kappa shape index (κ3) is 6.04. The highest BCUT2D eigenvalue weighted by molar-refractivity contribution is 5.89. The first-order valence-corrected chi connectivity index (χ1v) is 12.0. The van der Waals surface area contributed by atoms with E-state index in [1.54, 1.807) is 18.1 Å². The number of amides is 2. The van der Waals surface area contributed by atoms with Crippen molar-refractivity contribution in [2.24, 2.45) is 0 Å². The number of carbonyl (C=O) groups is 3. The van der Waals surface area contributed by atoms with E-state index in [9.17, 15) is 14.4 Å². The summed E-state index contributed by atoms with van der Waals surface area (Å²) in [5, 5.41) is 2.77. The SMILES string of the molecule is CC(=O)C1(c2ccccc2)CCN(C(=O)CCC(=O)NCc2nc(Cc3ccccc3)co2)CC1. The number of carbonyl (C=O) groups excluding carboxylic acids is 3. The zero-order valence-corrected chi connectivity index (χ0v) is 20.0. The lowest BCUT2D eigenvalue weighted by Gasteiger charge is -2.40. The number of Topliss-reactive ketones (excluding diaryl/α,β-unsaturated/α-hetero) is 1. The molecule has 35 heavy (non-hydrogen) atoms. The van der Waals surface area contributed by atoms with Crippen molar-refractivity contribution in [1.82, 2.24) is 15.2 Å². The van der Waals surface area contributed by atoms with Crippen LogP contribution < -0.4 is 5.32 Å². The Balaban J connectivity index is 1.21. The highest BCUT2D eigenvalue weighted by atomic mass is 16.3. The van der Waals surface area contributed by atoms with Crippen LogP contribution in [0, 0.1) is 0 Å². The Bertz CT molecular complexity index is 1150. The summed E-state index contributed by atoms with van der Waals surface area (Å²) < 4.78 is 5.45. The van der Waals surface area contributed by atoms with Gasteiger partial charge in [-0.2, -0.15) is 0 Å². The summed E-state index contributed by atoms with van der Waals surface area (Å²) in [5.74, 6) is 0.286. The van der Waals surface area contributed by atoms with E-state index >= 15 is 0 Å². The Hall–Kier alpha value is -3.74. The third-order valence-electron chi connectivity index (χ3n) is 6.80. The van der Waals surface area contributed by atoms with Gasteiger partial charge >= 0.3 is 0 Å². The second-order valence-electron chi connectivity index (χ2n) is 9.06. The lowest BCUT2D eigenvalue weighted by molar-refractivity contribution is -0.137. The Morgan fingerprint density at radius 2 is 1.63 bits per heavy atom. The van der Waals surface area contributed by atoms with Crippen LogP contribution in [-0.2, 0) is 32.8 Å². The molecule has 0 radical (unpaired) electrons. The molecule has 0 bridgehead atoms. The van der Waals surface area contributed by atoms with Crippen molar-refractivity contribution in [3.63, 3.8) is 0 Å². The molecule has 0 spiro atoms. The monoisotopic (exact) mass is 473 g/mol. The average Bonchev–Trinajstić information content (AvgIpc) is 3.34. The predicted octanol–water partition coefficient (Wildman–Crippen LogP) is 3.81. The lowest BCUT2D eigenvalue weighted by atomic mass is 9.70. The summed E-state index contributed by atoms with van der Waals surface area (Å²) in [5.41, 5.74) is 2.41. The second kappa shape index (κ2) is 11.1. The van der Waals surface area contributed by atoms with Crippen molar-refractivity contribution < 1.29 is 18.8 Å². The van der Waals surface area contributed by atoms with Crippen LogP contribution >= 0.6 is 0 Å². The Morgan fingerprint density at radius 3 is 2.29 bits per heavy atom. The van der Waals surface area contributed by atoms with Crippen molar-refractivity contribution in [2.45, 2.75) is 51.0 Å². The number of nitrogens with zero attached hydrogens (tertiary/aromatic N) is 2. The topological polar surface area (TPSA) is 92.5 Å². The lowest BCUT2D eigenvalue weighted by Crippen LogP contribution is -2.48. The molecule has 1 saturated heterocycles. The van der Waals surface area contributed by atoms with Gasteiger partial charge in [-0.15, -0.1) is 0 Å². The number of nitrogens with one attached hydrogen (secondary N) is 1. The first-order valence-electron chi connectivity index (χ1n) is 12.0. The highest BCUT2D eigenvalue weighted by Gasteiger charge is 2.41. The van der Waals surface area contributed by atoms with Gasteiger partial charge in [-0.1, -0.05) is 60.7 Å². The van der Waals surface area contributed by atoms with Gasteiger partial charge in [0.1, 0.15) is 12.0 Å². The van der Waals surface area contributed by atoms with Crippen LogP contribution in [0.15, 0.2) is 71.3 Å². The average molecular weight is 474 g/mol. The van der Waals surface area contributed by atoms with Crippen LogP contribution in [-0.4, -0.2) is 40.6 Å². The molecule has 182 valence electrons. The van der Waals surface area contributed by atoms with E-state index in [0.29, 0.717) is 38.2 Å². The molecule has 1 aliphatic heterocycles. The number of likely N-dealkylation sites (tertiary alicyclic amines) is 1. The minimum Gasteiger partial charge on any atom is -0.447 e. The van der Waals surface area contributed by atoms with Crippen molar-refractivity contribution in [1.29, 1.82) is 0 Å². The first kappa shape index (κ1) is 24.4. The molecular formula is C28H31N3O4. The summed E-state index contributed by atoms with van der Waals surface area (Å²) in [6, 6.07) is 19.8. The van der Waals surface area contributed by atoms with Gasteiger partial charge in [0.25, 0.3) is 0 Å². The van der Waals surface area contributed by atoms with Gasteiger partial charge in [-0.25, -0.2) is 4.98 Å². The minimum atomic E-state index is -0.537. The fourth-order valence-corrected chi connectivity index (χ4v) is 4.70. The van der Waals surface area contributed by atoms with Gasteiger partial charge in [-0.05, 0) is 30.9 Å². The molecule has 7 heteroatoms. The fourth-order valence-electron chi connectivity index (χ4n) is 4.70. The Morgan fingerprint density at radius 1 is 0.971 bits per heavy atom. The standard InChI is InChI=1S/C28H31N3O4/c1-21(32)28(23-10-6-3-7-11-23)14-16-31(17-15-28)27(34)13-12-25(33)29-19-26-30-24(20-35-26)18-22-8-4-2-5-9-22/h2-11,20H,12-19H2,1H3,(H,29,33). The predicted molar refractivity (Wildman–Crippen MR) is 131 cm³/mol. The molecule has 2 amide bonds. The van der Waals surface area contributed by atoms with Crippen molar-refractivity contribution in [2.75, 3.05) is 13.1 Å².